The molecular weight excluding hydrogens is 376 g/mol. The first-order valence-electron chi connectivity index (χ1n) is 9.48. The van der Waals surface area contributed by atoms with E-state index < -0.39 is 0 Å². The van der Waals surface area contributed by atoms with E-state index in [1.807, 2.05) is 53.6 Å². The van der Waals surface area contributed by atoms with Gasteiger partial charge < -0.3 is 20.3 Å². The van der Waals surface area contributed by atoms with Crippen molar-refractivity contribution in [3.63, 3.8) is 0 Å². The average Bonchev–Trinajstić information content (AvgIpc) is 3.24. The van der Waals surface area contributed by atoms with Crippen LogP contribution in [0.2, 0.25) is 0 Å². The molecule has 0 saturated carbocycles. The average molecular weight is 403 g/mol. The van der Waals surface area contributed by atoms with Gasteiger partial charge in [-0.2, -0.15) is 0 Å². The highest BCUT2D eigenvalue weighted by molar-refractivity contribution is 7.12. The molecule has 1 aliphatic rings. The zero-order valence-corrected chi connectivity index (χ0v) is 16.8. The van der Waals surface area contributed by atoms with Gasteiger partial charge in [0.25, 0.3) is 5.91 Å². The molecule has 3 amide bonds. The van der Waals surface area contributed by atoms with Crippen molar-refractivity contribution in [3.8, 4) is 5.75 Å². The van der Waals surface area contributed by atoms with Gasteiger partial charge in [-0.25, -0.2) is 4.79 Å². The highest BCUT2D eigenvalue weighted by Crippen LogP contribution is 2.15. The molecule has 2 N–H and O–H groups in total. The fourth-order valence-electron chi connectivity index (χ4n) is 3.03. The Morgan fingerprint density at radius 3 is 2.50 bits per heavy atom. The van der Waals surface area contributed by atoms with Crippen molar-refractivity contribution in [1.82, 2.24) is 15.1 Å². The summed E-state index contributed by atoms with van der Waals surface area (Å²) in [5.41, 5.74) is 0.724. The van der Waals surface area contributed by atoms with Crippen molar-refractivity contribution in [2.75, 3.05) is 51.2 Å². The maximum absolute atomic E-state index is 12.3. The van der Waals surface area contributed by atoms with Crippen LogP contribution in [0.1, 0.15) is 16.6 Å². The fourth-order valence-corrected chi connectivity index (χ4v) is 3.73. The van der Waals surface area contributed by atoms with E-state index in [2.05, 4.69) is 15.5 Å². The lowest BCUT2D eigenvalue weighted by atomic mass is 10.3. The minimum Gasteiger partial charge on any atom is -0.494 e. The number of hydrogen-bond acceptors (Lipinski definition) is 5. The number of rotatable bonds is 7. The van der Waals surface area contributed by atoms with Crippen LogP contribution in [0.25, 0.3) is 0 Å². The third kappa shape index (κ3) is 5.71. The van der Waals surface area contributed by atoms with Gasteiger partial charge in [-0.15, -0.1) is 11.3 Å². The monoisotopic (exact) mass is 402 g/mol. The fraction of sp³-hybridized carbons (Fsp3) is 0.400. The molecule has 0 spiro atoms. The maximum Gasteiger partial charge on any atom is 0.319 e. The van der Waals surface area contributed by atoms with Gasteiger partial charge >= 0.3 is 6.03 Å². The van der Waals surface area contributed by atoms with E-state index in [1.165, 1.54) is 11.3 Å². The molecule has 28 heavy (non-hydrogen) atoms. The summed E-state index contributed by atoms with van der Waals surface area (Å²) in [6.45, 7) is 6.94. The largest absolute Gasteiger partial charge is 0.494 e. The molecule has 2 aromatic rings. The van der Waals surface area contributed by atoms with E-state index in [9.17, 15) is 9.59 Å². The second kappa shape index (κ2) is 10.1. The molecule has 1 aromatic carbocycles. The summed E-state index contributed by atoms with van der Waals surface area (Å²) in [5, 5.41) is 7.61. The smallest absolute Gasteiger partial charge is 0.319 e. The Morgan fingerprint density at radius 1 is 1.11 bits per heavy atom. The standard InChI is InChI=1S/C20H26N4O3S/c1-2-27-17-7-5-16(6-8-17)22-20(26)21-9-10-23-11-13-24(14-12-23)19(25)18-4-3-15-28-18/h3-8,15H,2,9-14H2,1H3,(H2,21,22,26). The number of benzene rings is 1. The van der Waals surface area contributed by atoms with Crippen LogP contribution in [0, 0.1) is 0 Å². The number of carbonyl (C=O) groups is 2. The molecule has 0 radical (unpaired) electrons. The van der Waals surface area contributed by atoms with Gasteiger partial charge in [-0.05, 0) is 42.6 Å². The molecule has 0 atom stereocenters. The van der Waals surface area contributed by atoms with Crippen LogP contribution in [0.5, 0.6) is 5.75 Å². The summed E-state index contributed by atoms with van der Waals surface area (Å²) in [5.74, 6) is 0.896. The Hall–Kier alpha value is -2.58. The Bertz CT molecular complexity index is 756. The topological polar surface area (TPSA) is 73.9 Å². The molecular formula is C20H26N4O3S. The number of hydrogen-bond donors (Lipinski definition) is 2. The van der Waals surface area contributed by atoms with Crippen molar-refractivity contribution in [1.29, 1.82) is 0 Å². The second-order valence-electron chi connectivity index (χ2n) is 6.45. The third-order valence-electron chi connectivity index (χ3n) is 4.53. The van der Waals surface area contributed by atoms with Gasteiger partial charge in [0, 0.05) is 45.0 Å². The lowest BCUT2D eigenvalue weighted by molar-refractivity contribution is 0.0644. The van der Waals surface area contributed by atoms with E-state index >= 15 is 0 Å². The minimum atomic E-state index is -0.226. The number of nitrogens with one attached hydrogen (secondary N) is 2. The summed E-state index contributed by atoms with van der Waals surface area (Å²) >= 11 is 1.48. The summed E-state index contributed by atoms with van der Waals surface area (Å²) < 4.78 is 5.38. The number of thiophene rings is 1. The molecule has 3 rings (SSSR count). The predicted octanol–water partition coefficient (Wildman–Crippen LogP) is 2.73. The number of piperazine rings is 1. The normalized spacial score (nSPS) is 14.5. The quantitative estimate of drug-likeness (QED) is 0.747. The van der Waals surface area contributed by atoms with E-state index in [1.54, 1.807) is 0 Å². The van der Waals surface area contributed by atoms with Crippen molar-refractivity contribution in [3.05, 3.63) is 46.7 Å². The predicted molar refractivity (Wildman–Crippen MR) is 111 cm³/mol. The number of carbonyl (C=O) groups excluding carboxylic acids is 2. The zero-order valence-electron chi connectivity index (χ0n) is 16.0. The first-order valence-corrected chi connectivity index (χ1v) is 10.4. The molecule has 2 heterocycles. The van der Waals surface area contributed by atoms with Gasteiger partial charge in [0.05, 0.1) is 11.5 Å². The lowest BCUT2D eigenvalue weighted by Gasteiger charge is -2.34. The summed E-state index contributed by atoms with van der Waals surface area (Å²) in [6, 6.07) is 10.8. The summed E-state index contributed by atoms with van der Waals surface area (Å²) in [6.07, 6.45) is 0. The first kappa shape index (κ1) is 20.2. The molecule has 1 aromatic heterocycles. The zero-order chi connectivity index (χ0) is 19.8. The summed E-state index contributed by atoms with van der Waals surface area (Å²) in [4.78, 5) is 29.3. The first-order chi connectivity index (χ1) is 13.7. The van der Waals surface area contributed by atoms with Gasteiger partial charge in [0.2, 0.25) is 0 Å². The minimum absolute atomic E-state index is 0.113. The highest BCUT2D eigenvalue weighted by atomic mass is 32.1. The number of ether oxygens (including phenoxy) is 1. The van der Waals surface area contributed by atoms with Crippen LogP contribution in [0.3, 0.4) is 0 Å². The molecule has 8 heteroatoms. The van der Waals surface area contributed by atoms with E-state index in [4.69, 9.17) is 4.74 Å². The highest BCUT2D eigenvalue weighted by Gasteiger charge is 2.22. The molecule has 0 aliphatic carbocycles. The Labute approximate surface area is 169 Å². The van der Waals surface area contributed by atoms with Crippen molar-refractivity contribution in [2.24, 2.45) is 0 Å². The lowest BCUT2D eigenvalue weighted by Crippen LogP contribution is -2.50. The number of nitrogens with zero attached hydrogens (tertiary/aromatic N) is 2. The van der Waals surface area contributed by atoms with E-state index in [-0.39, 0.29) is 11.9 Å². The van der Waals surface area contributed by atoms with Crippen LogP contribution in [0.15, 0.2) is 41.8 Å². The number of anilines is 1. The third-order valence-corrected chi connectivity index (χ3v) is 5.39. The molecule has 1 fully saturated rings. The van der Waals surface area contributed by atoms with Gasteiger partial charge in [0.1, 0.15) is 5.75 Å². The van der Waals surface area contributed by atoms with Gasteiger partial charge in [0.15, 0.2) is 0 Å². The molecule has 0 bridgehead atoms. The molecule has 1 saturated heterocycles. The Morgan fingerprint density at radius 2 is 1.86 bits per heavy atom. The van der Waals surface area contributed by atoms with Crippen molar-refractivity contribution >= 4 is 29.0 Å². The van der Waals surface area contributed by atoms with Crippen LogP contribution in [-0.2, 0) is 0 Å². The maximum atomic E-state index is 12.3. The van der Waals surface area contributed by atoms with Crippen molar-refractivity contribution in [2.45, 2.75) is 6.92 Å². The van der Waals surface area contributed by atoms with Crippen LogP contribution >= 0.6 is 11.3 Å². The Kier molecular flexibility index (Phi) is 7.27. The number of amides is 3. The van der Waals surface area contributed by atoms with Crippen LogP contribution < -0.4 is 15.4 Å². The van der Waals surface area contributed by atoms with E-state index in [0.29, 0.717) is 13.2 Å². The van der Waals surface area contributed by atoms with Gasteiger partial charge in [-0.1, -0.05) is 6.07 Å². The molecule has 1 aliphatic heterocycles. The Balaban J connectivity index is 1.33. The number of urea groups is 1. The van der Waals surface area contributed by atoms with Gasteiger partial charge in [-0.3, -0.25) is 9.69 Å². The SMILES string of the molecule is CCOc1ccc(NC(=O)NCCN2CCN(C(=O)c3cccs3)CC2)cc1. The van der Waals surface area contributed by atoms with E-state index in [0.717, 1.165) is 49.0 Å². The molecule has 150 valence electrons. The van der Waals surface area contributed by atoms with Crippen molar-refractivity contribution < 1.29 is 14.3 Å². The summed E-state index contributed by atoms with van der Waals surface area (Å²) in [7, 11) is 0. The van der Waals surface area contributed by atoms with Crippen LogP contribution in [0.4, 0.5) is 10.5 Å². The second-order valence-corrected chi connectivity index (χ2v) is 7.40. The molecule has 7 nitrogen and oxygen atoms in total. The van der Waals surface area contributed by atoms with Crippen LogP contribution in [-0.4, -0.2) is 67.6 Å². The molecule has 0 unspecified atom stereocenters.